The average Bonchev–Trinajstić information content (AvgIpc) is 2.45. The highest BCUT2D eigenvalue weighted by Gasteiger charge is 2.51. The van der Waals surface area contributed by atoms with Crippen LogP contribution in [0.5, 0.6) is 0 Å². The van der Waals surface area contributed by atoms with Gasteiger partial charge in [-0.1, -0.05) is 65.8 Å². The van der Waals surface area contributed by atoms with Crippen LogP contribution in [0, 0.1) is 34.1 Å². The number of allylic oxidation sites excluding steroid dienone is 2. The van der Waals surface area contributed by atoms with Gasteiger partial charge in [0, 0.05) is 0 Å². The molecule has 0 aromatic heterocycles. The standard InChI is InChI=1S/C22H38Si/c1-8-13-21(4)19(18(2)3)12-15-22(16-17-23(5,6)7)14-10-9-11-20(21)22/h11,18-19H,8-10,12-15H2,1-7H3/t19-,21-,22+/m0/s1. The van der Waals surface area contributed by atoms with E-state index in [4.69, 9.17) is 0 Å². The molecule has 23 heavy (non-hydrogen) atoms. The molecule has 0 aromatic rings. The Hall–Kier alpha value is -0.483. The fraction of sp³-hybridized carbons (Fsp3) is 0.818. The molecule has 1 heteroatoms. The third kappa shape index (κ3) is 3.79. The largest absolute Gasteiger partial charge is 0.131 e. The van der Waals surface area contributed by atoms with Crippen LogP contribution >= 0.6 is 0 Å². The van der Waals surface area contributed by atoms with Gasteiger partial charge < -0.3 is 0 Å². The molecule has 3 atom stereocenters. The maximum Gasteiger partial charge on any atom is 0.129 e. The molecule has 0 aliphatic heterocycles. The van der Waals surface area contributed by atoms with Crippen LogP contribution in [-0.2, 0) is 0 Å². The lowest BCUT2D eigenvalue weighted by atomic mass is 9.49. The fourth-order valence-electron chi connectivity index (χ4n) is 5.35. The predicted octanol–water partition coefficient (Wildman–Crippen LogP) is 6.84. The summed E-state index contributed by atoms with van der Waals surface area (Å²) in [6, 6.07) is 0. The first-order valence-corrected chi connectivity index (χ1v) is 13.4. The van der Waals surface area contributed by atoms with Crippen molar-refractivity contribution in [1.29, 1.82) is 0 Å². The Morgan fingerprint density at radius 1 is 1.26 bits per heavy atom. The zero-order valence-corrected chi connectivity index (χ0v) is 17.7. The van der Waals surface area contributed by atoms with Crippen LogP contribution in [0.15, 0.2) is 11.6 Å². The number of hydrogen-bond acceptors (Lipinski definition) is 0. The monoisotopic (exact) mass is 330 g/mol. The van der Waals surface area contributed by atoms with Crippen molar-refractivity contribution in [2.24, 2.45) is 22.7 Å². The van der Waals surface area contributed by atoms with Gasteiger partial charge >= 0.3 is 0 Å². The summed E-state index contributed by atoms with van der Waals surface area (Å²) in [5.74, 6) is 5.50. The van der Waals surface area contributed by atoms with Gasteiger partial charge in [0.15, 0.2) is 0 Å². The highest BCUT2D eigenvalue weighted by molar-refractivity contribution is 6.83. The quantitative estimate of drug-likeness (QED) is 0.302. The number of hydrogen-bond donors (Lipinski definition) is 0. The Morgan fingerprint density at radius 2 is 1.96 bits per heavy atom. The van der Waals surface area contributed by atoms with Gasteiger partial charge in [0.1, 0.15) is 8.07 Å². The molecule has 0 heterocycles. The molecule has 0 nitrogen and oxygen atoms in total. The van der Waals surface area contributed by atoms with Crippen molar-refractivity contribution in [2.75, 3.05) is 0 Å². The van der Waals surface area contributed by atoms with Crippen LogP contribution in [-0.4, -0.2) is 8.07 Å². The van der Waals surface area contributed by atoms with E-state index in [-0.39, 0.29) is 5.41 Å². The molecule has 0 amide bonds. The molecule has 0 bridgehead atoms. The second-order valence-corrected chi connectivity index (χ2v) is 14.4. The van der Waals surface area contributed by atoms with Crippen molar-refractivity contribution < 1.29 is 0 Å². The first kappa shape index (κ1) is 18.8. The lowest BCUT2D eigenvalue weighted by molar-refractivity contribution is 0.0699. The topological polar surface area (TPSA) is 0 Å². The van der Waals surface area contributed by atoms with Gasteiger partial charge in [-0.3, -0.25) is 0 Å². The molecule has 0 N–H and O–H groups in total. The minimum Gasteiger partial charge on any atom is -0.131 e. The summed E-state index contributed by atoms with van der Waals surface area (Å²) in [6.45, 7) is 16.9. The van der Waals surface area contributed by atoms with Crippen LogP contribution in [0.3, 0.4) is 0 Å². The molecular weight excluding hydrogens is 292 g/mol. The van der Waals surface area contributed by atoms with Crippen molar-refractivity contribution in [3.05, 3.63) is 11.6 Å². The van der Waals surface area contributed by atoms with E-state index in [1.165, 1.54) is 44.9 Å². The van der Waals surface area contributed by atoms with Gasteiger partial charge in [-0.05, 0) is 61.3 Å². The van der Waals surface area contributed by atoms with Crippen molar-refractivity contribution in [1.82, 2.24) is 0 Å². The minimum absolute atomic E-state index is 0.216. The zero-order chi connectivity index (χ0) is 17.3. The lowest BCUT2D eigenvalue weighted by Crippen LogP contribution is -2.46. The van der Waals surface area contributed by atoms with Gasteiger partial charge in [0.2, 0.25) is 0 Å². The molecular formula is C22H38Si. The smallest absolute Gasteiger partial charge is 0.129 e. The Bertz CT molecular complexity index is 510. The minimum atomic E-state index is -1.31. The SMILES string of the molecule is CCC[C@]1(C)C2=CCCC[C@]2(C#C[Si](C)(C)C)CC[C@H]1C(C)C. The maximum absolute atomic E-state index is 3.89. The van der Waals surface area contributed by atoms with Gasteiger partial charge in [-0.2, -0.15) is 0 Å². The van der Waals surface area contributed by atoms with Gasteiger partial charge in [-0.15, -0.1) is 5.54 Å². The summed E-state index contributed by atoms with van der Waals surface area (Å²) >= 11 is 0. The fourth-order valence-corrected chi connectivity index (χ4v) is 5.96. The Kier molecular flexibility index (Phi) is 5.57. The first-order valence-electron chi connectivity index (χ1n) is 9.90. The zero-order valence-electron chi connectivity index (χ0n) is 16.7. The number of fused-ring (bicyclic) bond motifs is 1. The van der Waals surface area contributed by atoms with E-state index < -0.39 is 8.07 Å². The maximum atomic E-state index is 3.89. The molecule has 0 radical (unpaired) electrons. The third-order valence-corrected chi connectivity index (χ3v) is 7.11. The highest BCUT2D eigenvalue weighted by atomic mass is 28.3. The van der Waals surface area contributed by atoms with Crippen molar-refractivity contribution in [2.45, 2.75) is 92.3 Å². The summed E-state index contributed by atoms with van der Waals surface area (Å²) in [4.78, 5) is 0. The molecule has 2 aliphatic rings. The first-order chi connectivity index (χ1) is 10.6. The van der Waals surface area contributed by atoms with Crippen LogP contribution < -0.4 is 0 Å². The molecule has 0 spiro atoms. The molecule has 0 saturated heterocycles. The van der Waals surface area contributed by atoms with E-state index in [0.29, 0.717) is 5.41 Å². The molecule has 0 unspecified atom stereocenters. The summed E-state index contributed by atoms with van der Waals surface area (Å²) in [7, 11) is -1.31. The van der Waals surface area contributed by atoms with Crippen LogP contribution in [0.2, 0.25) is 19.6 Å². The van der Waals surface area contributed by atoms with Gasteiger partial charge in [0.25, 0.3) is 0 Å². The van der Waals surface area contributed by atoms with E-state index in [1.54, 1.807) is 5.57 Å². The summed E-state index contributed by atoms with van der Waals surface area (Å²) in [6.07, 6.45) is 11.8. The van der Waals surface area contributed by atoms with Crippen molar-refractivity contribution in [3.8, 4) is 11.5 Å². The van der Waals surface area contributed by atoms with E-state index in [2.05, 4.69) is 64.9 Å². The average molecular weight is 331 g/mol. The Labute approximate surface area is 146 Å². The molecule has 1 saturated carbocycles. The molecule has 2 rings (SSSR count). The van der Waals surface area contributed by atoms with Gasteiger partial charge in [-0.25, -0.2) is 0 Å². The Morgan fingerprint density at radius 3 is 2.52 bits per heavy atom. The predicted molar refractivity (Wildman–Crippen MR) is 106 cm³/mol. The summed E-state index contributed by atoms with van der Waals surface area (Å²) in [5, 5.41) is 0. The van der Waals surface area contributed by atoms with Crippen LogP contribution in [0.25, 0.3) is 0 Å². The molecule has 0 aromatic carbocycles. The summed E-state index contributed by atoms with van der Waals surface area (Å²) < 4.78 is 0. The van der Waals surface area contributed by atoms with Gasteiger partial charge in [0.05, 0.1) is 5.41 Å². The van der Waals surface area contributed by atoms with Crippen LogP contribution in [0.4, 0.5) is 0 Å². The van der Waals surface area contributed by atoms with Crippen molar-refractivity contribution >= 4 is 8.07 Å². The lowest BCUT2D eigenvalue weighted by Gasteiger charge is -2.54. The van der Waals surface area contributed by atoms with Crippen LogP contribution in [0.1, 0.15) is 72.6 Å². The normalized spacial score (nSPS) is 34.4. The van der Waals surface area contributed by atoms with E-state index in [1.807, 2.05) is 0 Å². The molecule has 130 valence electrons. The van der Waals surface area contributed by atoms with E-state index in [0.717, 1.165) is 11.8 Å². The number of rotatable bonds is 3. The third-order valence-electron chi connectivity index (χ3n) is 6.24. The van der Waals surface area contributed by atoms with E-state index >= 15 is 0 Å². The highest BCUT2D eigenvalue weighted by Crippen LogP contribution is 2.60. The molecule has 2 aliphatic carbocycles. The molecule has 1 fully saturated rings. The second-order valence-electron chi connectivity index (χ2n) is 9.65. The second kappa shape index (κ2) is 6.79. The Balaban J connectivity index is 2.50. The summed E-state index contributed by atoms with van der Waals surface area (Å²) in [5.41, 5.74) is 6.08. The van der Waals surface area contributed by atoms with E-state index in [9.17, 15) is 0 Å². The van der Waals surface area contributed by atoms with Crippen molar-refractivity contribution in [3.63, 3.8) is 0 Å².